The molecule has 0 aliphatic carbocycles. The molecule has 0 spiro atoms. The van der Waals surface area contributed by atoms with E-state index in [2.05, 4.69) is 10.1 Å². The second-order valence-corrected chi connectivity index (χ2v) is 6.87. The van der Waals surface area contributed by atoms with Gasteiger partial charge in [0.05, 0.1) is 11.9 Å². The van der Waals surface area contributed by atoms with Crippen LogP contribution < -0.4 is 14.3 Å². The molecule has 0 N–H and O–H groups in total. The summed E-state index contributed by atoms with van der Waals surface area (Å²) in [4.78, 5) is 5.13. The molecule has 0 unspecified atom stereocenters. The van der Waals surface area contributed by atoms with Crippen LogP contribution in [0.4, 0.5) is 0 Å². The third kappa shape index (κ3) is 3.38. The number of rotatable bonds is 3. The molecule has 0 saturated carbocycles. The van der Waals surface area contributed by atoms with E-state index in [1.54, 1.807) is 13.3 Å². The van der Waals surface area contributed by atoms with E-state index in [0.29, 0.717) is 18.2 Å². The van der Waals surface area contributed by atoms with Gasteiger partial charge in [-0.25, -0.2) is 4.68 Å². The Hall–Kier alpha value is -2.57. The van der Waals surface area contributed by atoms with Gasteiger partial charge in [-0.1, -0.05) is 23.7 Å². The van der Waals surface area contributed by atoms with E-state index in [1.165, 1.54) is 11.3 Å². The maximum atomic E-state index is 5.94. The summed E-state index contributed by atoms with van der Waals surface area (Å²) >= 11 is 7.47. The molecule has 0 atom stereocenters. The Morgan fingerprint density at radius 1 is 1.08 bits per heavy atom. The summed E-state index contributed by atoms with van der Waals surface area (Å²) in [5.74, 6) is 1.52. The number of hydrogen-bond acceptors (Lipinski definition) is 5. The van der Waals surface area contributed by atoms with Crippen molar-refractivity contribution in [3.8, 4) is 22.8 Å². The lowest BCUT2D eigenvalue weighted by Crippen LogP contribution is -2.15. The summed E-state index contributed by atoms with van der Waals surface area (Å²) in [6.45, 7) is 1.14. The molecule has 1 aliphatic heterocycles. The van der Waals surface area contributed by atoms with Gasteiger partial charge in [0, 0.05) is 23.0 Å². The van der Waals surface area contributed by atoms with Crippen molar-refractivity contribution in [1.29, 1.82) is 0 Å². The highest BCUT2D eigenvalue weighted by atomic mass is 35.5. The van der Waals surface area contributed by atoms with Gasteiger partial charge in [-0.05, 0) is 35.9 Å². The highest BCUT2D eigenvalue weighted by molar-refractivity contribution is 7.07. The Morgan fingerprint density at radius 2 is 1.85 bits per heavy atom. The summed E-state index contributed by atoms with van der Waals surface area (Å²) in [7, 11) is 1.76. The Labute approximate surface area is 159 Å². The Balaban J connectivity index is 1.74. The van der Waals surface area contributed by atoms with Crippen molar-refractivity contribution in [3.63, 3.8) is 0 Å². The minimum absolute atomic E-state index is 0.560. The van der Waals surface area contributed by atoms with Gasteiger partial charge in [0.1, 0.15) is 13.2 Å². The van der Waals surface area contributed by atoms with Gasteiger partial charge in [0.15, 0.2) is 11.5 Å². The minimum Gasteiger partial charge on any atom is -0.486 e. The first-order valence-corrected chi connectivity index (χ1v) is 9.34. The summed E-state index contributed by atoms with van der Waals surface area (Å²) in [6.07, 6.45) is 1.79. The molecular formula is C19H16ClN3O2S. The third-order valence-electron chi connectivity index (χ3n) is 3.91. The van der Waals surface area contributed by atoms with E-state index in [9.17, 15) is 0 Å². The number of halogens is 1. The van der Waals surface area contributed by atoms with Gasteiger partial charge in [0.25, 0.3) is 0 Å². The molecular weight excluding hydrogens is 370 g/mol. The molecule has 0 bridgehead atoms. The van der Waals surface area contributed by atoms with Crippen LogP contribution in [-0.2, 0) is 0 Å². The summed E-state index contributed by atoms with van der Waals surface area (Å²) in [5.41, 5.74) is 2.90. The quantitative estimate of drug-likeness (QED) is 0.638. The molecule has 3 aromatic rings. The van der Waals surface area contributed by atoms with Crippen molar-refractivity contribution >= 4 is 29.2 Å². The van der Waals surface area contributed by atoms with Crippen molar-refractivity contribution in [2.24, 2.45) is 10.1 Å². The maximum Gasteiger partial charge on any atom is 0.205 e. The standard InChI is InChI=1S/C19H16ClN3O2S/c1-21-19-23(22-11-13-2-5-15(20)6-3-13)16(12-26-19)14-4-7-17-18(10-14)25-9-8-24-17/h2-7,10-12H,8-9H2,1H3/b21-19?,22-11-. The van der Waals surface area contributed by atoms with Gasteiger partial charge >= 0.3 is 0 Å². The molecule has 0 saturated heterocycles. The summed E-state index contributed by atoms with van der Waals surface area (Å²) < 4.78 is 13.1. The largest absolute Gasteiger partial charge is 0.486 e. The van der Waals surface area contributed by atoms with Crippen molar-refractivity contribution in [2.75, 3.05) is 20.3 Å². The van der Waals surface area contributed by atoms with Gasteiger partial charge in [-0.3, -0.25) is 4.99 Å². The Kier molecular flexibility index (Phi) is 4.77. The Bertz CT molecular complexity index is 1020. The van der Waals surface area contributed by atoms with Crippen molar-refractivity contribution in [3.05, 3.63) is 63.2 Å². The second-order valence-electron chi connectivity index (χ2n) is 5.59. The highest BCUT2D eigenvalue weighted by Gasteiger charge is 2.14. The maximum absolute atomic E-state index is 5.94. The van der Waals surface area contributed by atoms with E-state index in [1.807, 2.05) is 52.5 Å². The third-order valence-corrected chi connectivity index (χ3v) is 5.07. The molecule has 4 rings (SSSR count). The molecule has 0 amide bonds. The smallest absolute Gasteiger partial charge is 0.205 e. The monoisotopic (exact) mass is 385 g/mol. The van der Waals surface area contributed by atoms with Gasteiger partial charge < -0.3 is 9.47 Å². The molecule has 5 nitrogen and oxygen atoms in total. The van der Waals surface area contributed by atoms with Crippen LogP contribution in [0.3, 0.4) is 0 Å². The fraction of sp³-hybridized carbons (Fsp3) is 0.158. The summed E-state index contributed by atoms with van der Waals surface area (Å²) in [6, 6.07) is 13.4. The number of aromatic nitrogens is 1. The van der Waals surface area contributed by atoms with Crippen LogP contribution in [0.1, 0.15) is 5.56 Å². The summed E-state index contributed by atoms with van der Waals surface area (Å²) in [5, 5.41) is 7.35. The average Bonchev–Trinajstić information content (AvgIpc) is 3.10. The fourth-order valence-electron chi connectivity index (χ4n) is 2.64. The molecule has 2 aromatic carbocycles. The molecule has 2 heterocycles. The van der Waals surface area contributed by atoms with Crippen molar-refractivity contribution in [1.82, 2.24) is 4.68 Å². The number of benzene rings is 2. The number of thiazole rings is 1. The zero-order valence-corrected chi connectivity index (χ0v) is 15.6. The van der Waals surface area contributed by atoms with Crippen LogP contribution in [0.5, 0.6) is 11.5 Å². The number of ether oxygens (including phenoxy) is 2. The van der Waals surface area contributed by atoms with Crippen molar-refractivity contribution < 1.29 is 9.47 Å². The molecule has 0 radical (unpaired) electrons. The first-order valence-electron chi connectivity index (χ1n) is 8.08. The van der Waals surface area contributed by atoms with Crippen LogP contribution in [0, 0.1) is 0 Å². The molecule has 1 aliphatic rings. The predicted molar refractivity (Wildman–Crippen MR) is 105 cm³/mol. The van der Waals surface area contributed by atoms with Crippen LogP contribution in [0.15, 0.2) is 57.9 Å². The average molecular weight is 386 g/mol. The van der Waals surface area contributed by atoms with Crippen LogP contribution in [-0.4, -0.2) is 31.2 Å². The van der Waals surface area contributed by atoms with Crippen LogP contribution >= 0.6 is 22.9 Å². The van der Waals surface area contributed by atoms with Gasteiger partial charge in [0.2, 0.25) is 4.80 Å². The first-order chi connectivity index (χ1) is 12.7. The van der Waals surface area contributed by atoms with E-state index in [0.717, 1.165) is 33.1 Å². The lowest BCUT2D eigenvalue weighted by Gasteiger charge is -2.18. The topological polar surface area (TPSA) is 48.1 Å². The van der Waals surface area contributed by atoms with E-state index in [-0.39, 0.29) is 0 Å². The fourth-order valence-corrected chi connectivity index (χ4v) is 3.57. The predicted octanol–water partition coefficient (Wildman–Crippen LogP) is 4.05. The van der Waals surface area contributed by atoms with Gasteiger partial charge in [-0.15, -0.1) is 11.3 Å². The second kappa shape index (κ2) is 7.35. The molecule has 132 valence electrons. The zero-order valence-electron chi connectivity index (χ0n) is 14.1. The van der Waals surface area contributed by atoms with E-state index >= 15 is 0 Å². The van der Waals surface area contributed by atoms with Gasteiger partial charge in [-0.2, -0.15) is 5.10 Å². The van der Waals surface area contributed by atoms with Crippen LogP contribution in [0.2, 0.25) is 5.02 Å². The minimum atomic E-state index is 0.560. The number of nitrogens with zero attached hydrogens (tertiary/aromatic N) is 3. The zero-order chi connectivity index (χ0) is 17.9. The SMILES string of the molecule is CN=c1scc(-c2ccc3c(c2)OCCO3)n1/N=C\c1ccc(Cl)cc1. The molecule has 0 fully saturated rings. The number of fused-ring (bicyclic) bond motifs is 1. The Morgan fingerprint density at radius 3 is 2.62 bits per heavy atom. The van der Waals surface area contributed by atoms with E-state index in [4.69, 9.17) is 21.1 Å². The van der Waals surface area contributed by atoms with E-state index < -0.39 is 0 Å². The van der Waals surface area contributed by atoms with Crippen molar-refractivity contribution in [2.45, 2.75) is 0 Å². The molecule has 26 heavy (non-hydrogen) atoms. The highest BCUT2D eigenvalue weighted by Crippen LogP contribution is 2.34. The molecule has 1 aromatic heterocycles. The molecule has 7 heteroatoms. The lowest BCUT2D eigenvalue weighted by molar-refractivity contribution is 0.171. The first kappa shape index (κ1) is 16.9. The normalized spacial score (nSPS) is 14.2. The number of hydrogen-bond donors (Lipinski definition) is 0. The van der Waals surface area contributed by atoms with Crippen LogP contribution in [0.25, 0.3) is 11.3 Å². The lowest BCUT2D eigenvalue weighted by atomic mass is 10.1.